The van der Waals surface area contributed by atoms with Gasteiger partial charge in [0, 0.05) is 18.2 Å². The lowest BCUT2D eigenvalue weighted by atomic mass is 10.2. The number of carbonyl (C=O) groups excluding carboxylic acids is 1. The van der Waals surface area contributed by atoms with Crippen LogP contribution in [0.3, 0.4) is 0 Å². The Morgan fingerprint density at radius 1 is 1.42 bits per heavy atom. The number of anilines is 1. The molecule has 0 radical (unpaired) electrons. The summed E-state index contributed by atoms with van der Waals surface area (Å²) in [6.07, 6.45) is 4.97. The first-order valence-electron chi connectivity index (χ1n) is 7.90. The van der Waals surface area contributed by atoms with E-state index in [1.807, 2.05) is 6.92 Å². The van der Waals surface area contributed by atoms with Crippen LogP contribution in [-0.2, 0) is 11.3 Å². The number of aryl methyl sites for hydroxylation is 3. The molecule has 0 atom stereocenters. The Labute approximate surface area is 146 Å². The van der Waals surface area contributed by atoms with Crippen LogP contribution in [0.25, 0.3) is 6.08 Å². The number of aromatic nitrogens is 2. The van der Waals surface area contributed by atoms with Crippen LogP contribution < -0.4 is 5.32 Å². The molecule has 0 aliphatic carbocycles. The van der Waals surface area contributed by atoms with Gasteiger partial charge in [0.25, 0.3) is 0 Å². The molecular weight excluding hydrogens is 329 g/mol. The molecule has 0 unspecified atom stereocenters. The molecule has 0 spiro atoms. The maximum atomic E-state index is 13.8. The molecule has 6 heteroatoms. The van der Waals surface area contributed by atoms with Gasteiger partial charge in [-0.25, -0.2) is 4.39 Å². The Kier molecular flexibility index (Phi) is 6.15. The number of carbonyl (C=O) groups is 1. The van der Waals surface area contributed by atoms with Gasteiger partial charge < -0.3 is 5.32 Å². The fourth-order valence-electron chi connectivity index (χ4n) is 2.27. The molecule has 2 aromatic rings. The lowest BCUT2D eigenvalue weighted by Gasteiger charge is -2.04. The summed E-state index contributed by atoms with van der Waals surface area (Å²) < 4.78 is 15.5. The van der Waals surface area contributed by atoms with Gasteiger partial charge in [0.15, 0.2) is 0 Å². The minimum absolute atomic E-state index is 0.150. The zero-order valence-electron chi connectivity index (χ0n) is 14.1. The van der Waals surface area contributed by atoms with Gasteiger partial charge in [0.2, 0.25) is 5.91 Å². The van der Waals surface area contributed by atoms with Gasteiger partial charge in [-0.15, -0.1) is 0 Å². The molecule has 128 valence electrons. The molecule has 1 N–H and O–H groups in total. The van der Waals surface area contributed by atoms with Crippen molar-refractivity contribution in [3.8, 4) is 0 Å². The van der Waals surface area contributed by atoms with Crippen molar-refractivity contribution in [2.24, 2.45) is 0 Å². The minimum Gasteiger partial charge on any atom is -0.320 e. The molecule has 1 heterocycles. The highest BCUT2D eigenvalue weighted by Crippen LogP contribution is 2.22. The number of benzene rings is 1. The Hall–Kier alpha value is -2.14. The van der Waals surface area contributed by atoms with Crippen LogP contribution in [0.5, 0.6) is 0 Å². The van der Waals surface area contributed by atoms with Crippen LogP contribution in [0.15, 0.2) is 24.3 Å². The van der Waals surface area contributed by atoms with E-state index in [2.05, 4.69) is 17.3 Å². The Morgan fingerprint density at radius 2 is 2.17 bits per heavy atom. The molecule has 0 saturated heterocycles. The molecule has 1 aromatic carbocycles. The minimum atomic E-state index is -0.460. The summed E-state index contributed by atoms with van der Waals surface area (Å²) in [6, 6.07) is 4.65. The van der Waals surface area contributed by atoms with Crippen molar-refractivity contribution in [1.29, 1.82) is 0 Å². The number of unbranched alkanes of at least 4 members (excludes halogenated alkanes) is 1. The van der Waals surface area contributed by atoms with Crippen molar-refractivity contribution in [3.05, 3.63) is 52.1 Å². The van der Waals surface area contributed by atoms with E-state index >= 15 is 0 Å². The first kappa shape index (κ1) is 18.2. The van der Waals surface area contributed by atoms with Gasteiger partial charge in [-0.3, -0.25) is 9.48 Å². The number of halogens is 2. The largest absolute Gasteiger partial charge is 0.320 e. The van der Waals surface area contributed by atoms with Crippen molar-refractivity contribution in [2.75, 3.05) is 5.32 Å². The zero-order valence-corrected chi connectivity index (χ0v) is 14.8. The van der Waals surface area contributed by atoms with Crippen LogP contribution >= 0.6 is 11.6 Å². The van der Waals surface area contributed by atoms with E-state index in [1.165, 1.54) is 18.2 Å². The number of nitrogens with one attached hydrogen (secondary N) is 1. The molecule has 0 aliphatic heterocycles. The summed E-state index contributed by atoms with van der Waals surface area (Å²) in [5.41, 5.74) is 2.40. The van der Waals surface area contributed by atoms with Crippen molar-refractivity contribution in [1.82, 2.24) is 9.78 Å². The van der Waals surface area contributed by atoms with E-state index in [0.29, 0.717) is 10.7 Å². The van der Waals surface area contributed by atoms with Crippen LogP contribution in [0, 0.1) is 19.7 Å². The standard InChI is InChI=1S/C18H21ClFN3O/c1-4-5-10-23-18(19)14(13(3)22-23)7-9-17(24)21-16-8-6-12(2)11-15(16)20/h6-9,11H,4-5,10H2,1-3H3,(H,21,24)/b9-7+. The molecule has 24 heavy (non-hydrogen) atoms. The quantitative estimate of drug-likeness (QED) is 0.765. The van der Waals surface area contributed by atoms with Crippen LogP contribution in [0.1, 0.15) is 36.6 Å². The van der Waals surface area contributed by atoms with Gasteiger partial charge in [0.1, 0.15) is 11.0 Å². The van der Waals surface area contributed by atoms with Crippen LogP contribution in [0.2, 0.25) is 5.15 Å². The zero-order chi connectivity index (χ0) is 17.7. The smallest absolute Gasteiger partial charge is 0.248 e. The predicted octanol–water partition coefficient (Wildman–Crippen LogP) is 4.74. The summed E-state index contributed by atoms with van der Waals surface area (Å²) in [6.45, 7) is 6.46. The average Bonchev–Trinajstić information content (AvgIpc) is 2.80. The maximum Gasteiger partial charge on any atom is 0.248 e. The number of amides is 1. The van der Waals surface area contributed by atoms with E-state index in [9.17, 15) is 9.18 Å². The molecular formula is C18H21ClFN3O. The highest BCUT2D eigenvalue weighted by molar-refractivity contribution is 6.31. The topological polar surface area (TPSA) is 46.9 Å². The lowest BCUT2D eigenvalue weighted by Crippen LogP contribution is -2.09. The fourth-order valence-corrected chi connectivity index (χ4v) is 2.59. The SMILES string of the molecule is CCCCn1nc(C)c(/C=C/C(=O)Nc2ccc(C)cc2F)c1Cl. The third kappa shape index (κ3) is 4.45. The number of nitrogens with zero attached hydrogens (tertiary/aromatic N) is 2. The van der Waals surface area contributed by atoms with Gasteiger partial charge >= 0.3 is 0 Å². The van der Waals surface area contributed by atoms with Crippen LogP contribution in [-0.4, -0.2) is 15.7 Å². The Balaban J connectivity index is 2.10. The molecule has 0 fully saturated rings. The highest BCUT2D eigenvalue weighted by Gasteiger charge is 2.11. The van der Waals surface area contributed by atoms with Gasteiger partial charge in [0.05, 0.1) is 11.4 Å². The maximum absolute atomic E-state index is 13.8. The second kappa shape index (κ2) is 8.11. The Bertz CT molecular complexity index is 768. The highest BCUT2D eigenvalue weighted by atomic mass is 35.5. The number of rotatable bonds is 6. The molecule has 1 aromatic heterocycles. The van der Waals surface area contributed by atoms with E-state index in [4.69, 9.17) is 11.6 Å². The normalized spacial score (nSPS) is 11.2. The predicted molar refractivity (Wildman–Crippen MR) is 95.7 cm³/mol. The third-order valence-electron chi connectivity index (χ3n) is 3.62. The van der Waals surface area contributed by atoms with Gasteiger partial charge in [-0.2, -0.15) is 5.10 Å². The number of hydrogen-bond donors (Lipinski definition) is 1. The summed E-state index contributed by atoms with van der Waals surface area (Å²) in [5.74, 6) is -0.882. The van der Waals surface area contributed by atoms with E-state index < -0.39 is 11.7 Å². The average molecular weight is 350 g/mol. The molecule has 4 nitrogen and oxygen atoms in total. The lowest BCUT2D eigenvalue weighted by molar-refractivity contribution is -0.111. The van der Waals surface area contributed by atoms with Gasteiger partial charge in [-0.05, 0) is 44.0 Å². The monoisotopic (exact) mass is 349 g/mol. The second-order valence-corrected chi connectivity index (χ2v) is 6.03. The van der Waals surface area contributed by atoms with Crippen LogP contribution in [0.4, 0.5) is 10.1 Å². The van der Waals surface area contributed by atoms with E-state index in [0.717, 1.165) is 30.6 Å². The summed E-state index contributed by atoms with van der Waals surface area (Å²) in [7, 11) is 0. The van der Waals surface area contributed by atoms with Crippen molar-refractivity contribution in [3.63, 3.8) is 0 Å². The van der Waals surface area contributed by atoms with Gasteiger partial charge in [-0.1, -0.05) is 31.0 Å². The summed E-state index contributed by atoms with van der Waals surface area (Å²) in [4.78, 5) is 12.0. The molecule has 0 aliphatic rings. The first-order valence-corrected chi connectivity index (χ1v) is 8.28. The third-order valence-corrected chi connectivity index (χ3v) is 4.02. The summed E-state index contributed by atoms with van der Waals surface area (Å²) in [5, 5.41) is 7.40. The van der Waals surface area contributed by atoms with Crippen molar-refractivity contribution in [2.45, 2.75) is 40.2 Å². The molecule has 0 bridgehead atoms. The molecule has 1 amide bonds. The molecule has 0 saturated carbocycles. The van der Waals surface area contributed by atoms with Crippen molar-refractivity contribution < 1.29 is 9.18 Å². The molecule has 2 rings (SSSR count). The first-order chi connectivity index (χ1) is 11.4. The summed E-state index contributed by atoms with van der Waals surface area (Å²) >= 11 is 6.31. The van der Waals surface area contributed by atoms with E-state index in [1.54, 1.807) is 23.7 Å². The Morgan fingerprint density at radius 3 is 2.83 bits per heavy atom. The van der Waals surface area contributed by atoms with Crippen molar-refractivity contribution >= 4 is 29.3 Å². The number of hydrogen-bond acceptors (Lipinski definition) is 2. The second-order valence-electron chi connectivity index (χ2n) is 5.67. The fraction of sp³-hybridized carbons (Fsp3) is 0.333. The van der Waals surface area contributed by atoms with E-state index in [-0.39, 0.29) is 5.69 Å².